The molecule has 32 heavy (non-hydrogen) atoms. The highest BCUT2D eigenvalue weighted by Gasteiger charge is 2.40. The molecule has 0 spiro atoms. The summed E-state index contributed by atoms with van der Waals surface area (Å²) in [4.78, 5) is 30.4. The summed E-state index contributed by atoms with van der Waals surface area (Å²) in [5.41, 5.74) is 3.69. The summed E-state index contributed by atoms with van der Waals surface area (Å²) < 4.78 is 0. The van der Waals surface area contributed by atoms with Crippen molar-refractivity contribution >= 4 is 46.1 Å². The number of amides is 2. The molecule has 0 saturated carbocycles. The number of benzene rings is 3. The molecule has 6 heteroatoms. The Morgan fingerprint density at radius 1 is 0.719 bits per heavy atom. The summed E-state index contributed by atoms with van der Waals surface area (Å²) in [5.74, 6) is -0.741. The summed E-state index contributed by atoms with van der Waals surface area (Å²) in [7, 11) is 0. The number of hydrogen-bond donors (Lipinski definition) is 1. The van der Waals surface area contributed by atoms with Crippen molar-refractivity contribution < 1.29 is 9.59 Å². The smallest absolute Gasteiger partial charge is 0.282 e. The number of halogens is 1. The second kappa shape index (κ2) is 8.52. The standard InChI is InChI=1S/C26H22ClN3O2/c27-19-10-8-18(9-11-19)23-24(26(32)30(25(23)31)22-6-2-1-3-7-22)28-20-12-14-21(15-13-20)29-16-4-5-17-29/h1-3,6-15,28H,4-5,16-17H2. The molecule has 0 atom stereocenters. The average molecular weight is 444 g/mol. The minimum absolute atomic E-state index is 0.259. The fraction of sp³-hybridized carbons (Fsp3) is 0.154. The molecule has 3 aromatic carbocycles. The third kappa shape index (κ3) is 3.76. The Hall–Kier alpha value is -3.57. The summed E-state index contributed by atoms with van der Waals surface area (Å²) in [6, 6.07) is 23.9. The van der Waals surface area contributed by atoms with Gasteiger partial charge in [0.2, 0.25) is 0 Å². The molecule has 160 valence electrons. The molecule has 2 aliphatic heterocycles. The molecule has 0 aromatic heterocycles. The maximum absolute atomic E-state index is 13.4. The molecule has 5 nitrogen and oxygen atoms in total. The minimum atomic E-state index is -0.380. The van der Waals surface area contributed by atoms with Crippen molar-refractivity contribution in [2.24, 2.45) is 0 Å². The van der Waals surface area contributed by atoms with Crippen LogP contribution in [0.2, 0.25) is 5.02 Å². The lowest BCUT2D eigenvalue weighted by atomic mass is 10.0. The Balaban J connectivity index is 1.51. The number of nitrogens with one attached hydrogen (secondary N) is 1. The van der Waals surface area contributed by atoms with Crippen LogP contribution < -0.4 is 15.1 Å². The van der Waals surface area contributed by atoms with Gasteiger partial charge in [0.15, 0.2) is 0 Å². The van der Waals surface area contributed by atoms with E-state index in [0.29, 0.717) is 21.8 Å². The summed E-state index contributed by atoms with van der Waals surface area (Å²) in [6.45, 7) is 2.13. The fourth-order valence-corrected chi connectivity index (χ4v) is 4.34. The van der Waals surface area contributed by atoms with Gasteiger partial charge in [0.1, 0.15) is 5.70 Å². The van der Waals surface area contributed by atoms with E-state index in [4.69, 9.17) is 11.6 Å². The number of nitrogens with zero attached hydrogens (tertiary/aromatic N) is 2. The molecular formula is C26H22ClN3O2. The number of imide groups is 1. The topological polar surface area (TPSA) is 52.7 Å². The van der Waals surface area contributed by atoms with Gasteiger partial charge in [-0.15, -0.1) is 0 Å². The molecule has 0 bridgehead atoms. The number of carbonyl (C=O) groups is 2. The first-order chi connectivity index (χ1) is 15.6. The van der Waals surface area contributed by atoms with Crippen LogP contribution in [0.3, 0.4) is 0 Å². The van der Waals surface area contributed by atoms with Crippen molar-refractivity contribution in [2.75, 3.05) is 28.2 Å². The predicted octanol–water partition coefficient (Wildman–Crippen LogP) is 5.34. The Labute approximate surface area is 191 Å². The summed E-state index contributed by atoms with van der Waals surface area (Å²) in [6.07, 6.45) is 2.42. The highest BCUT2D eigenvalue weighted by Crippen LogP contribution is 2.34. The van der Waals surface area contributed by atoms with Crippen molar-refractivity contribution in [1.82, 2.24) is 0 Å². The maximum Gasteiger partial charge on any atom is 0.282 e. The zero-order chi connectivity index (χ0) is 22.1. The van der Waals surface area contributed by atoms with Crippen LogP contribution >= 0.6 is 11.6 Å². The van der Waals surface area contributed by atoms with E-state index in [1.807, 2.05) is 30.3 Å². The molecule has 0 radical (unpaired) electrons. The molecule has 0 aliphatic carbocycles. The predicted molar refractivity (Wildman–Crippen MR) is 129 cm³/mol. The van der Waals surface area contributed by atoms with E-state index in [2.05, 4.69) is 10.2 Å². The Morgan fingerprint density at radius 3 is 2.03 bits per heavy atom. The van der Waals surface area contributed by atoms with Crippen molar-refractivity contribution in [3.05, 3.63) is 95.1 Å². The summed E-state index contributed by atoms with van der Waals surface area (Å²) in [5, 5.41) is 3.79. The first-order valence-corrected chi connectivity index (χ1v) is 11.1. The van der Waals surface area contributed by atoms with Gasteiger partial charge in [-0.3, -0.25) is 9.59 Å². The largest absolute Gasteiger partial charge is 0.372 e. The number of para-hydroxylation sites is 1. The molecular weight excluding hydrogens is 422 g/mol. The lowest BCUT2D eigenvalue weighted by molar-refractivity contribution is -0.120. The van der Waals surface area contributed by atoms with E-state index in [1.54, 1.807) is 48.5 Å². The molecule has 5 rings (SSSR count). The molecule has 3 aromatic rings. The van der Waals surface area contributed by atoms with Crippen LogP contribution in [0.1, 0.15) is 18.4 Å². The van der Waals surface area contributed by atoms with Gasteiger partial charge in [0, 0.05) is 29.5 Å². The Bertz CT molecular complexity index is 1180. The van der Waals surface area contributed by atoms with E-state index < -0.39 is 0 Å². The van der Waals surface area contributed by atoms with Gasteiger partial charge < -0.3 is 10.2 Å². The van der Waals surface area contributed by atoms with Crippen molar-refractivity contribution in [3.8, 4) is 0 Å². The zero-order valence-electron chi connectivity index (χ0n) is 17.4. The van der Waals surface area contributed by atoms with E-state index in [9.17, 15) is 9.59 Å². The Morgan fingerprint density at radius 2 is 1.38 bits per heavy atom. The van der Waals surface area contributed by atoms with Gasteiger partial charge in [-0.05, 0) is 66.9 Å². The monoisotopic (exact) mass is 443 g/mol. The Kier molecular flexibility index (Phi) is 5.41. The van der Waals surface area contributed by atoms with E-state index >= 15 is 0 Å². The number of anilines is 3. The lowest BCUT2D eigenvalue weighted by Gasteiger charge is -2.18. The molecule has 2 heterocycles. The van der Waals surface area contributed by atoms with Gasteiger partial charge in [-0.2, -0.15) is 0 Å². The van der Waals surface area contributed by atoms with Gasteiger partial charge in [0.25, 0.3) is 11.8 Å². The third-order valence-electron chi connectivity index (χ3n) is 5.84. The second-order valence-corrected chi connectivity index (χ2v) is 8.34. The number of hydrogen-bond acceptors (Lipinski definition) is 4. The van der Waals surface area contributed by atoms with Crippen LogP contribution in [-0.4, -0.2) is 24.9 Å². The molecule has 2 aliphatic rings. The van der Waals surface area contributed by atoms with Gasteiger partial charge in [-0.1, -0.05) is 41.9 Å². The van der Waals surface area contributed by atoms with Crippen LogP contribution in [0.25, 0.3) is 5.57 Å². The van der Waals surface area contributed by atoms with Gasteiger partial charge >= 0.3 is 0 Å². The highest BCUT2D eigenvalue weighted by atomic mass is 35.5. The van der Waals surface area contributed by atoms with Crippen LogP contribution in [0.15, 0.2) is 84.6 Å². The van der Waals surface area contributed by atoms with Gasteiger partial charge in [0.05, 0.1) is 11.3 Å². The average Bonchev–Trinajstić information content (AvgIpc) is 3.43. The number of carbonyl (C=O) groups excluding carboxylic acids is 2. The second-order valence-electron chi connectivity index (χ2n) is 7.90. The van der Waals surface area contributed by atoms with Crippen molar-refractivity contribution in [2.45, 2.75) is 12.8 Å². The minimum Gasteiger partial charge on any atom is -0.372 e. The zero-order valence-corrected chi connectivity index (χ0v) is 18.2. The number of rotatable bonds is 5. The molecule has 2 amide bonds. The third-order valence-corrected chi connectivity index (χ3v) is 6.09. The van der Waals surface area contributed by atoms with Crippen molar-refractivity contribution in [3.63, 3.8) is 0 Å². The lowest BCUT2D eigenvalue weighted by Crippen LogP contribution is -2.32. The van der Waals surface area contributed by atoms with Crippen molar-refractivity contribution in [1.29, 1.82) is 0 Å². The molecule has 1 saturated heterocycles. The first-order valence-electron chi connectivity index (χ1n) is 10.7. The van der Waals surface area contributed by atoms with Gasteiger partial charge in [-0.25, -0.2) is 4.90 Å². The van der Waals surface area contributed by atoms with E-state index in [-0.39, 0.29) is 17.5 Å². The molecule has 1 fully saturated rings. The van der Waals surface area contributed by atoms with Crippen LogP contribution in [0.5, 0.6) is 0 Å². The van der Waals surface area contributed by atoms with Crippen LogP contribution in [0.4, 0.5) is 17.1 Å². The summed E-state index contributed by atoms with van der Waals surface area (Å²) >= 11 is 6.04. The normalized spacial score (nSPS) is 16.3. The maximum atomic E-state index is 13.4. The molecule has 1 N–H and O–H groups in total. The quantitative estimate of drug-likeness (QED) is 0.541. The van der Waals surface area contributed by atoms with E-state index in [1.165, 1.54) is 23.4 Å². The molecule has 0 unspecified atom stereocenters. The highest BCUT2D eigenvalue weighted by molar-refractivity contribution is 6.46. The fourth-order valence-electron chi connectivity index (χ4n) is 4.22. The van der Waals surface area contributed by atoms with E-state index in [0.717, 1.165) is 18.8 Å². The van der Waals surface area contributed by atoms with Crippen LogP contribution in [-0.2, 0) is 9.59 Å². The SMILES string of the molecule is O=C1C(Nc2ccc(N3CCCC3)cc2)=C(c2ccc(Cl)cc2)C(=O)N1c1ccccc1. The van der Waals surface area contributed by atoms with Crippen LogP contribution in [0, 0.1) is 0 Å². The first kappa shape index (κ1) is 20.3.